The monoisotopic (exact) mass is 235 g/mol. The number of nitrogens with one attached hydrogen (secondary N) is 1. The lowest BCUT2D eigenvalue weighted by Crippen LogP contribution is -2.34. The van der Waals surface area contributed by atoms with Crippen LogP contribution in [0.5, 0.6) is 0 Å². The minimum Gasteiger partial charge on any atom is -0.366 e. The zero-order valence-corrected chi connectivity index (χ0v) is 10.1. The molecule has 1 rings (SSSR count). The maximum atomic E-state index is 11.7. The molecule has 0 saturated carbocycles. The molecular weight excluding hydrogens is 218 g/mol. The zero-order valence-electron chi connectivity index (χ0n) is 10.1. The number of carbonyl (C=O) groups excluding carboxylic acids is 2. The van der Waals surface area contributed by atoms with Crippen LogP contribution >= 0.6 is 0 Å². The molecular formula is C12H17N3O2. The highest BCUT2D eigenvalue weighted by molar-refractivity contribution is 5.94. The van der Waals surface area contributed by atoms with Gasteiger partial charge in [-0.2, -0.15) is 0 Å². The molecule has 5 heteroatoms. The lowest BCUT2D eigenvalue weighted by Gasteiger charge is -2.19. The Labute approximate surface area is 101 Å². The van der Waals surface area contributed by atoms with Gasteiger partial charge in [-0.3, -0.25) is 4.79 Å². The molecule has 92 valence electrons. The van der Waals surface area contributed by atoms with Crippen molar-refractivity contribution in [1.82, 2.24) is 4.90 Å². The minimum absolute atomic E-state index is 0.151. The molecule has 0 fully saturated rings. The molecule has 0 atom stereocenters. The van der Waals surface area contributed by atoms with Gasteiger partial charge in [-0.05, 0) is 38.1 Å². The van der Waals surface area contributed by atoms with E-state index in [1.54, 1.807) is 29.2 Å². The van der Waals surface area contributed by atoms with Gasteiger partial charge in [0.05, 0.1) is 0 Å². The third-order valence-corrected chi connectivity index (χ3v) is 2.47. The van der Waals surface area contributed by atoms with Crippen molar-refractivity contribution in [2.75, 3.05) is 18.4 Å². The van der Waals surface area contributed by atoms with Gasteiger partial charge in [-0.15, -0.1) is 0 Å². The number of rotatable bonds is 4. The number of nitrogens with zero attached hydrogens (tertiary/aromatic N) is 1. The Morgan fingerprint density at radius 3 is 2.12 bits per heavy atom. The predicted molar refractivity (Wildman–Crippen MR) is 66.9 cm³/mol. The van der Waals surface area contributed by atoms with Crippen LogP contribution in [0.2, 0.25) is 0 Å². The summed E-state index contributed by atoms with van der Waals surface area (Å²) in [4.78, 5) is 24.2. The van der Waals surface area contributed by atoms with E-state index in [1.807, 2.05) is 13.8 Å². The molecule has 1 aromatic carbocycles. The average Bonchev–Trinajstić information content (AvgIpc) is 2.31. The van der Waals surface area contributed by atoms with Crippen molar-refractivity contribution in [3.05, 3.63) is 29.8 Å². The largest absolute Gasteiger partial charge is 0.366 e. The topological polar surface area (TPSA) is 75.4 Å². The third kappa shape index (κ3) is 3.48. The maximum absolute atomic E-state index is 11.7. The van der Waals surface area contributed by atoms with Crippen molar-refractivity contribution in [3.8, 4) is 0 Å². The molecule has 0 aromatic heterocycles. The normalized spacial score (nSPS) is 9.76. The number of hydrogen-bond acceptors (Lipinski definition) is 2. The van der Waals surface area contributed by atoms with Gasteiger partial charge in [0.25, 0.3) is 0 Å². The van der Waals surface area contributed by atoms with Crippen molar-refractivity contribution in [2.24, 2.45) is 5.73 Å². The van der Waals surface area contributed by atoms with Gasteiger partial charge in [0.1, 0.15) is 0 Å². The summed E-state index contributed by atoms with van der Waals surface area (Å²) in [5, 5.41) is 2.74. The van der Waals surface area contributed by atoms with Gasteiger partial charge in [-0.1, -0.05) is 0 Å². The summed E-state index contributed by atoms with van der Waals surface area (Å²) in [6, 6.07) is 6.32. The number of anilines is 1. The smallest absolute Gasteiger partial charge is 0.321 e. The summed E-state index contributed by atoms with van der Waals surface area (Å²) in [7, 11) is 0. The molecule has 0 spiro atoms. The molecule has 0 unspecified atom stereocenters. The Balaban J connectivity index is 2.69. The van der Waals surface area contributed by atoms with E-state index in [-0.39, 0.29) is 6.03 Å². The van der Waals surface area contributed by atoms with Gasteiger partial charge in [0, 0.05) is 24.3 Å². The van der Waals surface area contributed by atoms with E-state index in [9.17, 15) is 9.59 Å². The number of hydrogen-bond donors (Lipinski definition) is 2. The van der Waals surface area contributed by atoms with E-state index in [4.69, 9.17) is 5.73 Å². The molecule has 0 aliphatic carbocycles. The number of benzene rings is 1. The first-order valence-electron chi connectivity index (χ1n) is 5.54. The van der Waals surface area contributed by atoms with E-state index in [2.05, 4.69) is 5.32 Å². The lowest BCUT2D eigenvalue weighted by molar-refractivity contribution is 0.100. The van der Waals surface area contributed by atoms with E-state index < -0.39 is 5.91 Å². The number of primary amides is 1. The molecule has 0 aliphatic rings. The second-order valence-electron chi connectivity index (χ2n) is 3.54. The maximum Gasteiger partial charge on any atom is 0.321 e. The van der Waals surface area contributed by atoms with Gasteiger partial charge in [-0.25, -0.2) is 4.79 Å². The first-order valence-corrected chi connectivity index (χ1v) is 5.54. The molecule has 0 radical (unpaired) electrons. The molecule has 0 aliphatic heterocycles. The van der Waals surface area contributed by atoms with Crippen LogP contribution in [0.4, 0.5) is 10.5 Å². The lowest BCUT2D eigenvalue weighted by atomic mass is 10.2. The van der Waals surface area contributed by atoms with Crippen LogP contribution in [-0.2, 0) is 0 Å². The molecule has 0 saturated heterocycles. The number of urea groups is 1. The summed E-state index contributed by atoms with van der Waals surface area (Å²) in [6.45, 7) is 5.14. The van der Waals surface area contributed by atoms with Gasteiger partial charge < -0.3 is 16.0 Å². The van der Waals surface area contributed by atoms with Crippen LogP contribution in [0.25, 0.3) is 0 Å². The summed E-state index contributed by atoms with van der Waals surface area (Å²) in [5.74, 6) is -0.480. The molecule has 0 bridgehead atoms. The minimum atomic E-state index is -0.480. The Bertz CT molecular complexity index is 397. The van der Waals surface area contributed by atoms with Crippen molar-refractivity contribution in [1.29, 1.82) is 0 Å². The van der Waals surface area contributed by atoms with Crippen LogP contribution < -0.4 is 11.1 Å². The molecule has 1 aromatic rings. The van der Waals surface area contributed by atoms with E-state index >= 15 is 0 Å². The first kappa shape index (κ1) is 13.0. The highest BCUT2D eigenvalue weighted by Gasteiger charge is 2.09. The fourth-order valence-corrected chi connectivity index (χ4v) is 1.43. The van der Waals surface area contributed by atoms with Crippen molar-refractivity contribution >= 4 is 17.6 Å². The zero-order chi connectivity index (χ0) is 12.8. The SMILES string of the molecule is CCN(CC)C(=O)Nc1ccc(C(N)=O)cc1. The van der Waals surface area contributed by atoms with Crippen molar-refractivity contribution in [3.63, 3.8) is 0 Å². The standard InChI is InChI=1S/C12H17N3O2/c1-3-15(4-2)12(17)14-10-7-5-9(6-8-10)11(13)16/h5-8H,3-4H2,1-2H3,(H2,13,16)(H,14,17). The molecule has 17 heavy (non-hydrogen) atoms. The third-order valence-electron chi connectivity index (χ3n) is 2.47. The van der Waals surface area contributed by atoms with Crippen molar-refractivity contribution < 1.29 is 9.59 Å². The summed E-state index contributed by atoms with van der Waals surface area (Å²) in [5.41, 5.74) is 6.19. The summed E-state index contributed by atoms with van der Waals surface area (Å²) >= 11 is 0. The molecule has 3 N–H and O–H groups in total. The number of amides is 3. The first-order chi connectivity index (χ1) is 8.08. The van der Waals surface area contributed by atoms with Gasteiger partial charge in [0.15, 0.2) is 0 Å². The molecule has 3 amide bonds. The number of carbonyl (C=O) groups is 2. The molecule has 0 heterocycles. The van der Waals surface area contributed by atoms with Crippen LogP contribution in [-0.4, -0.2) is 29.9 Å². The predicted octanol–water partition coefficient (Wildman–Crippen LogP) is 1.66. The highest BCUT2D eigenvalue weighted by Crippen LogP contribution is 2.10. The van der Waals surface area contributed by atoms with Gasteiger partial charge >= 0.3 is 6.03 Å². The fraction of sp³-hybridized carbons (Fsp3) is 0.333. The van der Waals surface area contributed by atoms with E-state index in [0.717, 1.165) is 0 Å². The van der Waals surface area contributed by atoms with Crippen LogP contribution in [0, 0.1) is 0 Å². The van der Waals surface area contributed by atoms with E-state index in [0.29, 0.717) is 24.3 Å². The average molecular weight is 235 g/mol. The van der Waals surface area contributed by atoms with Gasteiger partial charge in [0.2, 0.25) is 5.91 Å². The van der Waals surface area contributed by atoms with Crippen LogP contribution in [0.15, 0.2) is 24.3 Å². The van der Waals surface area contributed by atoms with Crippen LogP contribution in [0.1, 0.15) is 24.2 Å². The Morgan fingerprint density at radius 2 is 1.71 bits per heavy atom. The van der Waals surface area contributed by atoms with E-state index in [1.165, 1.54) is 0 Å². The quantitative estimate of drug-likeness (QED) is 0.832. The molecule has 5 nitrogen and oxygen atoms in total. The Hall–Kier alpha value is -2.04. The Kier molecular flexibility index (Phi) is 4.51. The Morgan fingerprint density at radius 1 is 1.18 bits per heavy atom. The number of nitrogens with two attached hydrogens (primary N) is 1. The van der Waals surface area contributed by atoms with Crippen molar-refractivity contribution in [2.45, 2.75) is 13.8 Å². The second-order valence-corrected chi connectivity index (χ2v) is 3.54. The summed E-state index contributed by atoms with van der Waals surface area (Å²) < 4.78 is 0. The fourth-order valence-electron chi connectivity index (χ4n) is 1.43. The van der Waals surface area contributed by atoms with Crippen LogP contribution in [0.3, 0.4) is 0 Å². The second kappa shape index (κ2) is 5.89. The highest BCUT2D eigenvalue weighted by atomic mass is 16.2. The summed E-state index contributed by atoms with van der Waals surface area (Å²) in [6.07, 6.45) is 0.